The number of methoxy groups -OCH3 is 1. The minimum Gasteiger partial charge on any atom is -0.494 e. The van der Waals surface area contributed by atoms with Crippen LogP contribution in [0.4, 0.5) is 15.9 Å². The molecule has 1 unspecified atom stereocenters. The third kappa shape index (κ3) is 2.61. The lowest BCUT2D eigenvalue weighted by Gasteiger charge is -2.27. The fourth-order valence-corrected chi connectivity index (χ4v) is 3.88. The number of benzene rings is 1. The van der Waals surface area contributed by atoms with Gasteiger partial charge in [-0.3, -0.25) is 4.79 Å². The number of rotatable bonds is 2. The number of nitrogens with one attached hydrogen (secondary N) is 1. The number of carbonyl (C=O) groups is 1. The zero-order valence-electron chi connectivity index (χ0n) is 14.5. The van der Waals surface area contributed by atoms with Gasteiger partial charge in [-0.05, 0) is 30.9 Å². The lowest BCUT2D eigenvalue weighted by Crippen LogP contribution is -2.29. The number of nitrogens with zero attached hydrogens (tertiary/aromatic N) is 2. The maximum absolute atomic E-state index is 14.0. The largest absolute Gasteiger partial charge is 0.494 e. The van der Waals surface area contributed by atoms with Crippen LogP contribution in [-0.4, -0.2) is 40.6 Å². The van der Waals surface area contributed by atoms with E-state index >= 15 is 0 Å². The molecule has 0 spiro atoms. The summed E-state index contributed by atoms with van der Waals surface area (Å²) in [6.07, 6.45) is 1.64. The Kier molecular flexibility index (Phi) is 4.07. The van der Waals surface area contributed by atoms with Crippen molar-refractivity contribution < 1.29 is 19.0 Å². The van der Waals surface area contributed by atoms with Gasteiger partial charge in [-0.2, -0.15) is 9.78 Å². The van der Waals surface area contributed by atoms with Crippen LogP contribution < -0.4 is 15.8 Å². The number of nitrogen functional groups attached to an aromatic ring is 1. The van der Waals surface area contributed by atoms with Crippen molar-refractivity contribution in [1.29, 1.82) is 0 Å². The first kappa shape index (κ1) is 16.8. The highest BCUT2D eigenvalue weighted by Crippen LogP contribution is 2.40. The van der Waals surface area contributed by atoms with E-state index in [9.17, 15) is 14.3 Å². The Balaban J connectivity index is 1.74. The number of aromatic nitrogens is 2. The minimum absolute atomic E-state index is 0.290. The molecule has 0 bridgehead atoms. The summed E-state index contributed by atoms with van der Waals surface area (Å²) in [6, 6.07) is 2.65. The quantitative estimate of drug-likeness (QED) is 0.753. The standard InChI is InChI=1S/C18H21FN4O3/c1-26-15-7-9(19)6-13-11(4-5-21-16(13)15)18(25)23-17(20)12-3-2-10(24)8-14(12)22-23/h6-7,10-11,21,24H,2-5,8,20H2,1H3/t10-,11?/m1/s1. The number of anilines is 2. The molecule has 0 amide bonds. The summed E-state index contributed by atoms with van der Waals surface area (Å²) >= 11 is 0. The van der Waals surface area contributed by atoms with Crippen LogP contribution in [0, 0.1) is 5.82 Å². The van der Waals surface area contributed by atoms with E-state index in [0.717, 1.165) is 5.56 Å². The molecule has 4 N–H and O–H groups in total. The van der Waals surface area contributed by atoms with Gasteiger partial charge in [0.25, 0.3) is 5.91 Å². The normalized spacial score (nSPS) is 21.5. The second-order valence-corrected chi connectivity index (χ2v) is 6.80. The number of nitrogens with two attached hydrogens (primary N) is 1. The molecule has 2 heterocycles. The predicted molar refractivity (Wildman–Crippen MR) is 94.1 cm³/mol. The summed E-state index contributed by atoms with van der Waals surface area (Å²) in [7, 11) is 1.47. The van der Waals surface area contributed by atoms with Gasteiger partial charge in [0.15, 0.2) is 0 Å². The average molecular weight is 360 g/mol. The topological polar surface area (TPSA) is 102 Å². The molecule has 138 valence electrons. The van der Waals surface area contributed by atoms with Crippen LogP contribution in [0.5, 0.6) is 5.75 Å². The molecule has 0 radical (unpaired) electrons. The van der Waals surface area contributed by atoms with Crippen LogP contribution in [0.15, 0.2) is 12.1 Å². The van der Waals surface area contributed by atoms with Gasteiger partial charge >= 0.3 is 0 Å². The van der Waals surface area contributed by atoms with Gasteiger partial charge in [-0.25, -0.2) is 4.39 Å². The van der Waals surface area contributed by atoms with E-state index < -0.39 is 17.8 Å². The minimum atomic E-state index is -0.565. The molecule has 1 aromatic heterocycles. The molecule has 2 aliphatic rings. The third-order valence-corrected chi connectivity index (χ3v) is 5.20. The number of aliphatic hydroxyl groups is 1. The smallest absolute Gasteiger partial charge is 0.256 e. The van der Waals surface area contributed by atoms with E-state index in [1.165, 1.54) is 23.9 Å². The van der Waals surface area contributed by atoms with Crippen LogP contribution in [-0.2, 0) is 12.8 Å². The second kappa shape index (κ2) is 6.28. The monoisotopic (exact) mass is 360 g/mol. The molecule has 1 aromatic carbocycles. The molecule has 1 aliphatic carbocycles. The summed E-state index contributed by atoms with van der Waals surface area (Å²) in [6.45, 7) is 0.561. The fraction of sp³-hybridized carbons (Fsp3) is 0.444. The lowest BCUT2D eigenvalue weighted by molar-refractivity contribution is 0.0858. The van der Waals surface area contributed by atoms with Gasteiger partial charge in [-0.1, -0.05) is 0 Å². The fourth-order valence-electron chi connectivity index (χ4n) is 3.88. The van der Waals surface area contributed by atoms with Crippen molar-refractivity contribution in [1.82, 2.24) is 9.78 Å². The van der Waals surface area contributed by atoms with Gasteiger partial charge in [-0.15, -0.1) is 0 Å². The lowest BCUT2D eigenvalue weighted by atomic mass is 9.89. The second-order valence-electron chi connectivity index (χ2n) is 6.80. The summed E-state index contributed by atoms with van der Waals surface area (Å²) < 4.78 is 20.5. The van der Waals surface area contributed by atoms with Gasteiger partial charge in [0, 0.05) is 24.6 Å². The summed E-state index contributed by atoms with van der Waals surface area (Å²) in [5.41, 5.74) is 8.84. The Hall–Kier alpha value is -2.61. The molecule has 2 atom stereocenters. The number of hydrogen-bond acceptors (Lipinski definition) is 6. The number of fused-ring (bicyclic) bond motifs is 2. The van der Waals surface area contributed by atoms with Gasteiger partial charge < -0.3 is 20.9 Å². The number of ether oxygens (including phenoxy) is 1. The zero-order chi connectivity index (χ0) is 18.4. The molecular formula is C18H21FN4O3. The Bertz CT molecular complexity index is 880. The van der Waals surface area contributed by atoms with Crippen molar-refractivity contribution in [3.63, 3.8) is 0 Å². The maximum Gasteiger partial charge on any atom is 0.256 e. The first-order valence-corrected chi connectivity index (χ1v) is 8.69. The van der Waals surface area contributed by atoms with Crippen LogP contribution in [0.25, 0.3) is 0 Å². The van der Waals surface area contributed by atoms with Crippen LogP contribution >= 0.6 is 0 Å². The Morgan fingerprint density at radius 3 is 3.04 bits per heavy atom. The molecule has 8 heteroatoms. The molecule has 1 aliphatic heterocycles. The summed E-state index contributed by atoms with van der Waals surface area (Å²) in [5.74, 6) is -0.627. The number of aliphatic hydroxyl groups excluding tert-OH is 1. The van der Waals surface area contributed by atoms with E-state index in [1.807, 2.05) is 0 Å². The molecule has 0 fully saturated rings. The van der Waals surface area contributed by atoms with Crippen molar-refractivity contribution in [2.24, 2.45) is 0 Å². The van der Waals surface area contributed by atoms with Crippen molar-refractivity contribution in [3.8, 4) is 5.75 Å². The molecule has 2 aromatic rings. The number of carbonyl (C=O) groups excluding carboxylic acids is 1. The molecular weight excluding hydrogens is 339 g/mol. The zero-order valence-corrected chi connectivity index (χ0v) is 14.5. The predicted octanol–water partition coefficient (Wildman–Crippen LogP) is 1.70. The van der Waals surface area contributed by atoms with Crippen molar-refractivity contribution in [2.45, 2.75) is 37.7 Å². The van der Waals surface area contributed by atoms with E-state index in [1.54, 1.807) is 0 Å². The van der Waals surface area contributed by atoms with Crippen molar-refractivity contribution in [3.05, 3.63) is 34.8 Å². The first-order valence-electron chi connectivity index (χ1n) is 8.69. The summed E-state index contributed by atoms with van der Waals surface area (Å²) in [5, 5.41) is 17.4. The molecule has 0 saturated heterocycles. The average Bonchev–Trinajstić information content (AvgIpc) is 2.95. The van der Waals surface area contributed by atoms with E-state index in [-0.39, 0.29) is 5.91 Å². The Morgan fingerprint density at radius 1 is 1.46 bits per heavy atom. The first-order chi connectivity index (χ1) is 12.5. The summed E-state index contributed by atoms with van der Waals surface area (Å²) in [4.78, 5) is 13.2. The van der Waals surface area contributed by atoms with Crippen molar-refractivity contribution in [2.75, 3.05) is 24.7 Å². The van der Waals surface area contributed by atoms with Crippen molar-refractivity contribution >= 4 is 17.4 Å². The number of halogens is 1. The molecule has 7 nitrogen and oxygen atoms in total. The van der Waals surface area contributed by atoms with Crippen LogP contribution in [0.1, 0.15) is 40.4 Å². The molecule has 26 heavy (non-hydrogen) atoms. The van der Waals surface area contributed by atoms with Gasteiger partial charge in [0.2, 0.25) is 0 Å². The number of hydrogen-bond donors (Lipinski definition) is 3. The van der Waals surface area contributed by atoms with E-state index in [2.05, 4.69) is 10.4 Å². The van der Waals surface area contributed by atoms with Crippen LogP contribution in [0.3, 0.4) is 0 Å². The Labute approximate surface area is 149 Å². The van der Waals surface area contributed by atoms with Gasteiger partial charge in [0.05, 0.1) is 30.5 Å². The van der Waals surface area contributed by atoms with E-state index in [4.69, 9.17) is 10.5 Å². The van der Waals surface area contributed by atoms with Gasteiger partial charge in [0.1, 0.15) is 17.4 Å². The highest BCUT2D eigenvalue weighted by Gasteiger charge is 2.33. The maximum atomic E-state index is 14.0. The highest BCUT2D eigenvalue weighted by atomic mass is 19.1. The third-order valence-electron chi connectivity index (χ3n) is 5.20. The molecule has 0 saturated carbocycles. The highest BCUT2D eigenvalue weighted by molar-refractivity contribution is 5.91. The van der Waals surface area contributed by atoms with Crippen LogP contribution in [0.2, 0.25) is 0 Å². The Morgan fingerprint density at radius 2 is 2.27 bits per heavy atom. The SMILES string of the molecule is COc1cc(F)cc2c1NCCC2C(=O)n1nc2c(c1N)CC[C@@H](O)C2. The molecule has 4 rings (SSSR count). The van der Waals surface area contributed by atoms with E-state index in [0.29, 0.717) is 60.7 Å².